The maximum Gasteiger partial charge on any atom is 0.269 e. The number of nitrogens with zero attached hydrogens (tertiary/aromatic N) is 6. The van der Waals surface area contributed by atoms with E-state index in [2.05, 4.69) is 25.5 Å². The van der Waals surface area contributed by atoms with Gasteiger partial charge in [0.2, 0.25) is 0 Å². The highest BCUT2D eigenvalue weighted by Crippen LogP contribution is 2.28. The van der Waals surface area contributed by atoms with Crippen molar-refractivity contribution in [3.63, 3.8) is 0 Å². The second-order valence-electron chi connectivity index (χ2n) is 6.77. The largest absolute Gasteiger partial charge is 0.382 e. The molecule has 0 saturated carbocycles. The molecule has 4 aromatic heterocycles. The number of carbonyl (C=O) groups is 1. The molecular weight excluding hydrogens is 380 g/mol. The summed E-state index contributed by atoms with van der Waals surface area (Å²) < 4.78 is 3.54. The molecule has 0 atom stereocenters. The fourth-order valence-electron chi connectivity index (χ4n) is 3.38. The van der Waals surface area contributed by atoms with E-state index in [1.165, 1.54) is 0 Å². The van der Waals surface area contributed by atoms with E-state index in [-0.39, 0.29) is 5.91 Å². The zero-order chi connectivity index (χ0) is 20.5. The molecule has 30 heavy (non-hydrogen) atoms. The SMILES string of the molecule is Nc1nc2cc(-n3cccn3)ccc2c2cn(CCNC(=O)c3ccccn3)nc12. The lowest BCUT2D eigenvalue weighted by Crippen LogP contribution is -2.28. The van der Waals surface area contributed by atoms with E-state index < -0.39 is 0 Å². The molecule has 0 saturated heterocycles. The fraction of sp³-hybridized carbons (Fsp3) is 0.0952. The van der Waals surface area contributed by atoms with E-state index in [9.17, 15) is 4.79 Å². The average molecular weight is 398 g/mol. The van der Waals surface area contributed by atoms with Crippen molar-refractivity contribution >= 4 is 33.5 Å². The van der Waals surface area contributed by atoms with E-state index >= 15 is 0 Å². The third kappa shape index (κ3) is 3.22. The van der Waals surface area contributed by atoms with Crippen LogP contribution in [0.15, 0.2) is 67.3 Å². The summed E-state index contributed by atoms with van der Waals surface area (Å²) in [5.41, 5.74) is 8.88. The number of pyridine rings is 2. The first-order chi connectivity index (χ1) is 14.7. The van der Waals surface area contributed by atoms with Gasteiger partial charge in [0.1, 0.15) is 11.2 Å². The van der Waals surface area contributed by atoms with Gasteiger partial charge in [-0.1, -0.05) is 6.07 Å². The Hall–Kier alpha value is -4.27. The molecule has 3 N–H and O–H groups in total. The molecule has 0 unspecified atom stereocenters. The zero-order valence-corrected chi connectivity index (χ0v) is 15.9. The summed E-state index contributed by atoms with van der Waals surface area (Å²) in [7, 11) is 0. The standard InChI is InChI=1S/C21H18N8O/c22-20-19-16(15-6-5-14(12-18(15)26-20)29-10-3-8-25-29)13-28(27-19)11-9-24-21(30)17-4-1-2-7-23-17/h1-8,10,12-13H,9,11H2,(H2,22,26)(H,24,30). The van der Waals surface area contributed by atoms with Gasteiger partial charge in [0.25, 0.3) is 5.91 Å². The lowest BCUT2D eigenvalue weighted by atomic mass is 10.1. The molecule has 0 bridgehead atoms. The Kier molecular flexibility index (Phi) is 4.32. The van der Waals surface area contributed by atoms with Crippen LogP contribution in [0.1, 0.15) is 10.5 Å². The molecule has 5 aromatic rings. The number of fused-ring (bicyclic) bond motifs is 3. The summed E-state index contributed by atoms with van der Waals surface area (Å²) in [6.07, 6.45) is 7.12. The van der Waals surface area contributed by atoms with E-state index in [0.29, 0.717) is 30.1 Å². The monoisotopic (exact) mass is 398 g/mol. The molecule has 9 heteroatoms. The fourth-order valence-corrected chi connectivity index (χ4v) is 3.38. The minimum Gasteiger partial charge on any atom is -0.382 e. The summed E-state index contributed by atoms with van der Waals surface area (Å²) in [5, 5.41) is 13.5. The number of hydrogen-bond acceptors (Lipinski definition) is 6. The molecule has 9 nitrogen and oxygen atoms in total. The van der Waals surface area contributed by atoms with Gasteiger partial charge in [-0.3, -0.25) is 14.5 Å². The number of amides is 1. The van der Waals surface area contributed by atoms with Gasteiger partial charge < -0.3 is 11.1 Å². The van der Waals surface area contributed by atoms with Gasteiger partial charge in [-0.25, -0.2) is 9.67 Å². The molecule has 1 amide bonds. The van der Waals surface area contributed by atoms with Crippen molar-refractivity contribution in [2.24, 2.45) is 0 Å². The van der Waals surface area contributed by atoms with Crippen LogP contribution in [0.25, 0.3) is 27.5 Å². The summed E-state index contributed by atoms with van der Waals surface area (Å²) >= 11 is 0. The van der Waals surface area contributed by atoms with Crippen LogP contribution in [-0.2, 0) is 6.54 Å². The molecule has 0 spiro atoms. The van der Waals surface area contributed by atoms with Gasteiger partial charge in [0.05, 0.1) is 17.7 Å². The first-order valence-corrected chi connectivity index (χ1v) is 9.45. The van der Waals surface area contributed by atoms with Crippen molar-refractivity contribution in [1.29, 1.82) is 0 Å². The summed E-state index contributed by atoms with van der Waals surface area (Å²) in [5.74, 6) is 0.150. The molecule has 148 valence electrons. The van der Waals surface area contributed by atoms with E-state index in [1.54, 1.807) is 40.0 Å². The van der Waals surface area contributed by atoms with Crippen LogP contribution < -0.4 is 11.1 Å². The van der Waals surface area contributed by atoms with E-state index in [4.69, 9.17) is 5.73 Å². The quantitative estimate of drug-likeness (QED) is 0.469. The summed E-state index contributed by atoms with van der Waals surface area (Å²) in [6.45, 7) is 0.914. The van der Waals surface area contributed by atoms with Crippen LogP contribution in [0.4, 0.5) is 5.82 Å². The topological polar surface area (TPSA) is 117 Å². The number of nitrogens with two attached hydrogens (primary N) is 1. The zero-order valence-electron chi connectivity index (χ0n) is 15.9. The molecule has 0 aliphatic rings. The maximum absolute atomic E-state index is 12.1. The Morgan fingerprint density at radius 2 is 2.03 bits per heavy atom. The molecule has 0 aliphatic heterocycles. The summed E-state index contributed by atoms with van der Waals surface area (Å²) in [6, 6.07) is 13.0. The molecule has 0 radical (unpaired) electrons. The first-order valence-electron chi connectivity index (χ1n) is 9.45. The molecule has 5 rings (SSSR count). The minimum absolute atomic E-state index is 0.218. The second kappa shape index (κ2) is 7.28. The molecule has 4 heterocycles. The number of aromatic nitrogens is 6. The Morgan fingerprint density at radius 1 is 1.10 bits per heavy atom. The Bertz CT molecular complexity index is 1340. The maximum atomic E-state index is 12.1. The molecule has 1 aromatic carbocycles. The van der Waals surface area contributed by atoms with E-state index in [1.807, 2.05) is 36.7 Å². The molecular formula is C21H18N8O. The third-order valence-corrected chi connectivity index (χ3v) is 4.81. The van der Waals surface area contributed by atoms with Crippen molar-refractivity contribution in [2.45, 2.75) is 6.54 Å². The van der Waals surface area contributed by atoms with Gasteiger partial charge in [-0.2, -0.15) is 10.2 Å². The van der Waals surface area contributed by atoms with Crippen molar-refractivity contribution in [2.75, 3.05) is 12.3 Å². The van der Waals surface area contributed by atoms with Gasteiger partial charge in [0, 0.05) is 42.1 Å². The minimum atomic E-state index is -0.218. The van der Waals surface area contributed by atoms with Crippen LogP contribution in [-0.4, -0.2) is 42.0 Å². The number of anilines is 1. The molecule has 0 fully saturated rings. The first kappa shape index (κ1) is 17.8. The Morgan fingerprint density at radius 3 is 2.83 bits per heavy atom. The molecule has 0 aliphatic carbocycles. The number of hydrogen-bond donors (Lipinski definition) is 2. The lowest BCUT2D eigenvalue weighted by molar-refractivity contribution is 0.0947. The highest BCUT2D eigenvalue weighted by atomic mass is 16.1. The van der Waals surface area contributed by atoms with Crippen molar-refractivity contribution in [3.05, 3.63) is 72.9 Å². The average Bonchev–Trinajstić information content (AvgIpc) is 3.45. The predicted octanol–water partition coefficient (Wildman–Crippen LogP) is 2.18. The number of carbonyl (C=O) groups excluding carboxylic acids is 1. The normalized spacial score (nSPS) is 11.2. The van der Waals surface area contributed by atoms with Crippen molar-refractivity contribution in [3.8, 4) is 5.69 Å². The van der Waals surface area contributed by atoms with Crippen molar-refractivity contribution in [1.82, 2.24) is 34.8 Å². The van der Waals surface area contributed by atoms with Gasteiger partial charge >= 0.3 is 0 Å². The van der Waals surface area contributed by atoms with Gasteiger partial charge in [-0.05, 0) is 36.4 Å². The van der Waals surface area contributed by atoms with Crippen LogP contribution in [0.3, 0.4) is 0 Å². The number of rotatable bonds is 5. The lowest BCUT2D eigenvalue weighted by Gasteiger charge is -2.05. The predicted molar refractivity (Wildman–Crippen MR) is 113 cm³/mol. The smallest absolute Gasteiger partial charge is 0.269 e. The van der Waals surface area contributed by atoms with Crippen LogP contribution in [0.5, 0.6) is 0 Å². The van der Waals surface area contributed by atoms with Gasteiger partial charge in [-0.15, -0.1) is 0 Å². The summed E-state index contributed by atoms with van der Waals surface area (Å²) in [4.78, 5) is 20.7. The number of nitrogens with one attached hydrogen (secondary N) is 1. The number of nitrogen functional groups attached to an aromatic ring is 1. The third-order valence-electron chi connectivity index (χ3n) is 4.81. The number of benzene rings is 1. The highest BCUT2D eigenvalue weighted by molar-refractivity contribution is 6.08. The van der Waals surface area contributed by atoms with Crippen LogP contribution >= 0.6 is 0 Å². The second-order valence-corrected chi connectivity index (χ2v) is 6.77. The van der Waals surface area contributed by atoms with Crippen molar-refractivity contribution < 1.29 is 4.79 Å². The highest BCUT2D eigenvalue weighted by Gasteiger charge is 2.12. The Balaban J connectivity index is 1.40. The van der Waals surface area contributed by atoms with Crippen LogP contribution in [0.2, 0.25) is 0 Å². The van der Waals surface area contributed by atoms with Crippen LogP contribution in [0, 0.1) is 0 Å². The Labute approximate surface area is 171 Å². The van der Waals surface area contributed by atoms with E-state index in [0.717, 1.165) is 22.0 Å². The van der Waals surface area contributed by atoms with Gasteiger partial charge in [0.15, 0.2) is 5.82 Å².